The lowest BCUT2D eigenvalue weighted by atomic mass is 9.90. The third kappa shape index (κ3) is 2.94. The zero-order valence-electron chi connectivity index (χ0n) is 13.1. The lowest BCUT2D eigenvalue weighted by Gasteiger charge is -2.33. The van der Waals surface area contributed by atoms with Crippen LogP contribution in [-0.2, 0) is 17.8 Å². The van der Waals surface area contributed by atoms with Gasteiger partial charge < -0.3 is 4.74 Å². The van der Waals surface area contributed by atoms with E-state index in [1.54, 1.807) is 34.9 Å². The molecule has 3 heterocycles. The molecule has 3 rings (SSSR count). The van der Waals surface area contributed by atoms with Gasteiger partial charge in [0.25, 0.3) is 0 Å². The molecule has 0 aromatic carbocycles. The van der Waals surface area contributed by atoms with Crippen molar-refractivity contribution in [2.45, 2.75) is 49.1 Å². The molecule has 1 aliphatic rings. The molecule has 6 heteroatoms. The fourth-order valence-electron chi connectivity index (χ4n) is 2.58. The first-order chi connectivity index (χ1) is 10.6. The molecule has 0 amide bonds. The van der Waals surface area contributed by atoms with Gasteiger partial charge in [0.15, 0.2) is 5.16 Å². The van der Waals surface area contributed by atoms with E-state index >= 15 is 0 Å². The predicted octanol–water partition coefficient (Wildman–Crippen LogP) is 4.93. The number of aromatic nitrogens is 2. The molecule has 118 valence electrons. The first kappa shape index (κ1) is 16.3. The van der Waals surface area contributed by atoms with E-state index in [1.165, 1.54) is 15.8 Å². The van der Waals surface area contributed by atoms with E-state index in [-0.39, 0.29) is 5.60 Å². The van der Waals surface area contributed by atoms with Gasteiger partial charge in [0.05, 0.1) is 12.2 Å². The molecule has 0 N–H and O–H groups in total. The third-order valence-corrected chi connectivity index (χ3v) is 6.67. The van der Waals surface area contributed by atoms with Crippen LogP contribution in [0.15, 0.2) is 22.8 Å². The fourth-order valence-corrected chi connectivity index (χ4v) is 5.02. The number of hydrogen-bond acceptors (Lipinski definition) is 6. The highest BCUT2D eigenvalue weighted by Gasteiger charge is 2.33. The minimum atomic E-state index is -0.0699. The summed E-state index contributed by atoms with van der Waals surface area (Å²) in [6.45, 7) is 8.91. The van der Waals surface area contributed by atoms with Crippen molar-refractivity contribution in [3.8, 4) is 0 Å². The molecule has 0 saturated carbocycles. The Morgan fingerprint density at radius 2 is 2.27 bits per heavy atom. The normalized spacial score (nSPS) is 21.0. The molecule has 0 bridgehead atoms. The zero-order valence-corrected chi connectivity index (χ0v) is 15.6. The average Bonchev–Trinajstić information content (AvgIpc) is 2.89. The summed E-state index contributed by atoms with van der Waals surface area (Å²) in [5, 5.41) is 3.18. The number of ether oxygens (including phenoxy) is 1. The van der Waals surface area contributed by atoms with Crippen LogP contribution in [0, 0.1) is 0 Å². The van der Waals surface area contributed by atoms with Crippen molar-refractivity contribution >= 4 is 45.1 Å². The van der Waals surface area contributed by atoms with Crippen molar-refractivity contribution in [1.82, 2.24) is 9.97 Å². The molecule has 2 aromatic heterocycles. The summed E-state index contributed by atoms with van der Waals surface area (Å²) in [5.41, 5.74) is 1.33. The van der Waals surface area contributed by atoms with Gasteiger partial charge in [-0.15, -0.1) is 29.7 Å². The third-order valence-electron chi connectivity index (χ3n) is 4.05. The Morgan fingerprint density at radius 1 is 1.45 bits per heavy atom. The van der Waals surface area contributed by atoms with Crippen LogP contribution in [0.5, 0.6) is 0 Å². The van der Waals surface area contributed by atoms with E-state index < -0.39 is 0 Å². The van der Waals surface area contributed by atoms with Crippen LogP contribution in [0.3, 0.4) is 0 Å². The lowest BCUT2D eigenvalue weighted by Crippen LogP contribution is -2.33. The predicted molar refractivity (Wildman–Crippen MR) is 97.3 cm³/mol. The van der Waals surface area contributed by atoms with Crippen molar-refractivity contribution < 1.29 is 4.74 Å². The summed E-state index contributed by atoms with van der Waals surface area (Å²) >= 11 is 5.10. The maximum atomic E-state index is 6.08. The highest BCUT2D eigenvalue weighted by molar-refractivity contribution is 7.99. The van der Waals surface area contributed by atoms with Gasteiger partial charge in [-0.25, -0.2) is 9.97 Å². The Kier molecular flexibility index (Phi) is 4.83. The second-order valence-electron chi connectivity index (χ2n) is 5.57. The second-order valence-corrected chi connectivity index (χ2v) is 8.43. The SMILES string of the molecule is C=CCSc1nc(SC)nc2sc3c(c12)C[C@@](C)(CC)OC3. The molecule has 0 saturated heterocycles. The van der Waals surface area contributed by atoms with E-state index in [4.69, 9.17) is 14.7 Å². The molecular weight excluding hydrogens is 332 g/mol. The maximum absolute atomic E-state index is 6.08. The Morgan fingerprint density at radius 3 is 2.95 bits per heavy atom. The molecule has 1 aliphatic heterocycles. The molecule has 0 aliphatic carbocycles. The topological polar surface area (TPSA) is 35.0 Å². The number of thioether (sulfide) groups is 2. The van der Waals surface area contributed by atoms with Crippen molar-refractivity contribution in [3.05, 3.63) is 23.1 Å². The smallest absolute Gasteiger partial charge is 0.189 e. The van der Waals surface area contributed by atoms with Crippen LogP contribution in [0.25, 0.3) is 10.2 Å². The van der Waals surface area contributed by atoms with Gasteiger partial charge in [-0.3, -0.25) is 0 Å². The molecule has 0 spiro atoms. The molecule has 22 heavy (non-hydrogen) atoms. The van der Waals surface area contributed by atoms with Gasteiger partial charge in [0.2, 0.25) is 0 Å². The largest absolute Gasteiger partial charge is 0.369 e. The average molecular weight is 353 g/mol. The van der Waals surface area contributed by atoms with E-state index in [2.05, 4.69) is 20.4 Å². The standard InChI is InChI=1S/C16H20N2OS3/c1-5-7-21-13-12-10-8-16(3,6-2)19-9-11(10)22-14(12)18-15(17-13)20-4/h5H,1,6-9H2,2-4H3/t16-/m1/s1. The first-order valence-corrected chi connectivity index (χ1v) is 10.4. The van der Waals surface area contributed by atoms with Crippen molar-refractivity contribution in [1.29, 1.82) is 0 Å². The minimum Gasteiger partial charge on any atom is -0.369 e. The summed E-state index contributed by atoms with van der Waals surface area (Å²) in [6, 6.07) is 0. The second kappa shape index (κ2) is 6.51. The number of hydrogen-bond donors (Lipinski definition) is 0. The van der Waals surface area contributed by atoms with Gasteiger partial charge in [0.1, 0.15) is 9.86 Å². The Bertz CT molecular complexity index is 713. The highest BCUT2D eigenvalue weighted by Crippen LogP contribution is 2.42. The van der Waals surface area contributed by atoms with Crippen LogP contribution >= 0.6 is 34.9 Å². The van der Waals surface area contributed by atoms with Crippen molar-refractivity contribution in [2.24, 2.45) is 0 Å². The Labute approximate surface area is 144 Å². The van der Waals surface area contributed by atoms with Gasteiger partial charge in [0, 0.05) is 22.4 Å². The fraction of sp³-hybridized carbons (Fsp3) is 0.500. The van der Waals surface area contributed by atoms with Gasteiger partial charge in [-0.05, 0) is 25.2 Å². The summed E-state index contributed by atoms with van der Waals surface area (Å²) in [6.07, 6.45) is 5.91. The Hall–Kier alpha value is -0.560. The number of rotatable bonds is 5. The highest BCUT2D eigenvalue weighted by atomic mass is 32.2. The monoisotopic (exact) mass is 352 g/mol. The molecule has 0 unspecified atom stereocenters. The molecule has 0 fully saturated rings. The van der Waals surface area contributed by atoms with Crippen molar-refractivity contribution in [2.75, 3.05) is 12.0 Å². The summed E-state index contributed by atoms with van der Waals surface area (Å²) in [7, 11) is 0. The van der Waals surface area contributed by atoms with Crippen LogP contribution in [-0.4, -0.2) is 27.6 Å². The van der Waals surface area contributed by atoms with E-state index in [9.17, 15) is 0 Å². The number of thiophene rings is 1. The maximum Gasteiger partial charge on any atom is 0.189 e. The molecule has 2 aromatic rings. The number of fused-ring (bicyclic) bond motifs is 3. The first-order valence-electron chi connectivity index (χ1n) is 7.34. The summed E-state index contributed by atoms with van der Waals surface area (Å²) < 4.78 is 6.08. The minimum absolute atomic E-state index is 0.0699. The van der Waals surface area contributed by atoms with Crippen LogP contribution in [0.2, 0.25) is 0 Å². The molecule has 3 nitrogen and oxygen atoms in total. The summed E-state index contributed by atoms with van der Waals surface area (Å²) in [4.78, 5) is 11.9. The van der Waals surface area contributed by atoms with E-state index in [0.29, 0.717) is 6.61 Å². The van der Waals surface area contributed by atoms with Crippen LogP contribution in [0.4, 0.5) is 0 Å². The van der Waals surface area contributed by atoms with E-state index in [0.717, 1.165) is 33.6 Å². The lowest BCUT2D eigenvalue weighted by molar-refractivity contribution is -0.0543. The zero-order chi connectivity index (χ0) is 15.7. The number of nitrogens with zero attached hydrogens (tertiary/aromatic N) is 2. The van der Waals surface area contributed by atoms with Crippen LogP contribution in [0.1, 0.15) is 30.7 Å². The molecule has 0 radical (unpaired) electrons. The molecular formula is C16H20N2OS3. The Balaban J connectivity index is 2.15. The van der Waals surface area contributed by atoms with Crippen LogP contribution < -0.4 is 0 Å². The van der Waals surface area contributed by atoms with Gasteiger partial charge in [-0.1, -0.05) is 24.8 Å². The van der Waals surface area contributed by atoms with Gasteiger partial charge in [-0.2, -0.15) is 0 Å². The summed E-state index contributed by atoms with van der Waals surface area (Å²) in [5.74, 6) is 0.867. The quantitative estimate of drug-likeness (QED) is 0.330. The van der Waals surface area contributed by atoms with Gasteiger partial charge >= 0.3 is 0 Å². The van der Waals surface area contributed by atoms with Crippen molar-refractivity contribution in [3.63, 3.8) is 0 Å². The van der Waals surface area contributed by atoms with E-state index in [1.807, 2.05) is 12.3 Å². The molecule has 1 atom stereocenters.